The Balaban J connectivity index is 1.48. The largest absolute Gasteiger partial charge is 0.490 e. The van der Waals surface area contributed by atoms with Crippen LogP contribution in [0.25, 0.3) is 11.0 Å². The molecule has 2 N–H and O–H groups in total. The van der Waals surface area contributed by atoms with Gasteiger partial charge in [0.15, 0.2) is 17.3 Å². The third-order valence-electron chi connectivity index (χ3n) is 5.03. The number of nitrogens with zero attached hydrogens (tertiary/aromatic N) is 1. The number of carboxylic acid groups (broad SMARTS) is 1. The van der Waals surface area contributed by atoms with Crippen LogP contribution in [-0.2, 0) is 6.61 Å². The molecule has 0 spiro atoms. The molecule has 0 unspecified atom stereocenters. The Morgan fingerprint density at radius 1 is 1.11 bits per heavy atom. The predicted molar refractivity (Wildman–Crippen MR) is 160 cm³/mol. The number of benzene rings is 3. The quantitative estimate of drug-likeness (QED) is 0.109. The summed E-state index contributed by atoms with van der Waals surface area (Å²) in [5, 5.41) is 14.1. The Labute approximate surface area is 247 Å². The van der Waals surface area contributed by atoms with E-state index in [1.165, 1.54) is 12.3 Å². The van der Waals surface area contributed by atoms with E-state index in [0.29, 0.717) is 29.3 Å². The van der Waals surface area contributed by atoms with Gasteiger partial charge in [0.2, 0.25) is 0 Å². The number of furan rings is 1. The summed E-state index contributed by atoms with van der Waals surface area (Å²) in [4.78, 5) is 23.8. The Kier molecular flexibility index (Phi) is 9.08. The van der Waals surface area contributed by atoms with Gasteiger partial charge in [0.1, 0.15) is 12.2 Å². The first kappa shape index (κ1) is 27.4. The van der Waals surface area contributed by atoms with Crippen LogP contribution in [0.3, 0.4) is 0 Å². The number of halogens is 3. The average Bonchev–Trinajstić information content (AvgIpc) is 3.28. The van der Waals surface area contributed by atoms with Crippen LogP contribution in [0.5, 0.6) is 11.5 Å². The molecule has 0 aliphatic heterocycles. The van der Waals surface area contributed by atoms with Crippen LogP contribution in [0.1, 0.15) is 39.0 Å². The second kappa shape index (κ2) is 12.3. The fraction of sp³-hybridized carbons (Fsp3) is 0.115. The Morgan fingerprint density at radius 3 is 2.68 bits per heavy atom. The molecule has 1 amide bonds. The fourth-order valence-electron chi connectivity index (χ4n) is 3.42. The van der Waals surface area contributed by atoms with Gasteiger partial charge in [-0.1, -0.05) is 28.1 Å². The summed E-state index contributed by atoms with van der Waals surface area (Å²) in [6.45, 7) is 2.45. The fourth-order valence-corrected chi connectivity index (χ4v) is 5.86. The number of nitrogens with one attached hydrogen (secondary N) is 1. The van der Waals surface area contributed by atoms with Crippen LogP contribution < -0.4 is 14.9 Å². The SMILES string of the molecule is CCOc1cc(/C=N\NC(=O)c2cc3cc(Br)cc(I)c3o2)cc(I)c1OCc1cccc(C(=O)O)c1. The Hall–Kier alpha value is -2.65. The molecule has 0 saturated heterocycles. The summed E-state index contributed by atoms with van der Waals surface area (Å²) in [5.74, 6) is -0.266. The molecule has 190 valence electrons. The van der Waals surface area contributed by atoms with E-state index in [2.05, 4.69) is 71.6 Å². The maximum Gasteiger partial charge on any atom is 0.335 e. The molecule has 0 aliphatic rings. The van der Waals surface area contributed by atoms with Gasteiger partial charge in [-0.2, -0.15) is 5.10 Å². The summed E-state index contributed by atoms with van der Waals surface area (Å²) < 4.78 is 20.0. The van der Waals surface area contributed by atoms with Crippen molar-refractivity contribution in [1.29, 1.82) is 0 Å². The van der Waals surface area contributed by atoms with Gasteiger partial charge in [-0.15, -0.1) is 0 Å². The van der Waals surface area contributed by atoms with Gasteiger partial charge >= 0.3 is 11.9 Å². The van der Waals surface area contributed by atoms with Crippen molar-refractivity contribution in [1.82, 2.24) is 5.43 Å². The lowest BCUT2D eigenvalue weighted by atomic mass is 10.1. The molecule has 0 bridgehead atoms. The maximum absolute atomic E-state index is 12.6. The van der Waals surface area contributed by atoms with Gasteiger partial charge in [0, 0.05) is 9.86 Å². The van der Waals surface area contributed by atoms with E-state index >= 15 is 0 Å². The Morgan fingerprint density at radius 2 is 1.92 bits per heavy atom. The van der Waals surface area contributed by atoms with E-state index in [1.54, 1.807) is 30.3 Å². The van der Waals surface area contributed by atoms with E-state index in [9.17, 15) is 14.7 Å². The molecule has 11 heteroatoms. The summed E-state index contributed by atoms with van der Waals surface area (Å²) in [7, 11) is 0. The number of carbonyl (C=O) groups excluding carboxylic acids is 1. The van der Waals surface area contributed by atoms with Crippen molar-refractivity contribution >= 4 is 90.2 Å². The minimum absolute atomic E-state index is 0.156. The molecular formula is C26H19BrI2N2O6. The van der Waals surface area contributed by atoms with Crippen molar-refractivity contribution in [2.24, 2.45) is 5.10 Å². The van der Waals surface area contributed by atoms with Crippen molar-refractivity contribution in [2.75, 3.05) is 6.61 Å². The molecule has 4 aromatic rings. The van der Waals surface area contributed by atoms with Crippen molar-refractivity contribution in [3.63, 3.8) is 0 Å². The van der Waals surface area contributed by atoms with E-state index in [-0.39, 0.29) is 17.9 Å². The van der Waals surface area contributed by atoms with Crippen LogP contribution in [0.2, 0.25) is 0 Å². The summed E-state index contributed by atoms with van der Waals surface area (Å²) in [5.41, 5.74) is 4.73. The van der Waals surface area contributed by atoms with Gasteiger partial charge in [-0.3, -0.25) is 4.79 Å². The summed E-state index contributed by atoms with van der Waals surface area (Å²) in [6, 6.07) is 15.6. The highest BCUT2D eigenvalue weighted by Crippen LogP contribution is 2.34. The zero-order valence-electron chi connectivity index (χ0n) is 19.3. The molecule has 1 aromatic heterocycles. The number of rotatable bonds is 9. The Bertz CT molecular complexity index is 1520. The number of aromatic carboxylic acids is 1. The van der Waals surface area contributed by atoms with Gasteiger partial charge in [0.05, 0.1) is 25.5 Å². The lowest BCUT2D eigenvalue weighted by Crippen LogP contribution is -2.16. The smallest absolute Gasteiger partial charge is 0.335 e. The standard InChI is InChI=1S/C26H19BrI2N2O6/c1-2-35-21-8-15(7-19(28)24(21)36-13-14-4-3-5-16(6-14)26(33)34)12-30-31-25(32)22-10-17-9-18(27)11-20(29)23(17)37-22/h3-12H,2,13H2,1H3,(H,31,32)(H,33,34)/b30-12-. The van der Waals surface area contributed by atoms with Crippen LogP contribution in [0, 0.1) is 7.14 Å². The van der Waals surface area contributed by atoms with E-state index in [0.717, 1.165) is 22.6 Å². The maximum atomic E-state index is 12.6. The first-order chi connectivity index (χ1) is 17.7. The average molecular weight is 789 g/mol. The van der Waals surface area contributed by atoms with E-state index < -0.39 is 11.9 Å². The van der Waals surface area contributed by atoms with E-state index in [4.69, 9.17) is 13.9 Å². The second-order valence-electron chi connectivity index (χ2n) is 7.67. The van der Waals surface area contributed by atoms with Crippen molar-refractivity contribution in [3.05, 3.63) is 88.7 Å². The topological polar surface area (TPSA) is 110 Å². The first-order valence-electron chi connectivity index (χ1n) is 10.9. The number of hydrogen-bond acceptors (Lipinski definition) is 6. The van der Waals surface area contributed by atoms with Crippen LogP contribution in [0.15, 0.2) is 68.6 Å². The molecule has 0 atom stereocenters. The molecule has 0 saturated carbocycles. The zero-order chi connectivity index (χ0) is 26.5. The van der Waals surface area contributed by atoms with Gasteiger partial charge in [-0.25, -0.2) is 10.2 Å². The molecular weight excluding hydrogens is 770 g/mol. The number of hydrazone groups is 1. The summed E-state index contributed by atoms with van der Waals surface area (Å²) >= 11 is 7.73. The second-order valence-corrected chi connectivity index (χ2v) is 10.9. The number of ether oxygens (including phenoxy) is 2. The monoisotopic (exact) mass is 788 g/mol. The van der Waals surface area contributed by atoms with Gasteiger partial charge in [0.25, 0.3) is 0 Å². The number of fused-ring (bicyclic) bond motifs is 1. The minimum atomic E-state index is -0.995. The van der Waals surface area contributed by atoms with Gasteiger partial charge < -0.3 is 19.0 Å². The van der Waals surface area contributed by atoms with Crippen molar-refractivity contribution in [2.45, 2.75) is 13.5 Å². The molecule has 0 aliphatic carbocycles. The molecule has 1 heterocycles. The molecule has 0 radical (unpaired) electrons. The molecule has 37 heavy (non-hydrogen) atoms. The summed E-state index contributed by atoms with van der Waals surface area (Å²) in [6.07, 6.45) is 1.51. The number of amides is 1. The molecule has 8 nitrogen and oxygen atoms in total. The third kappa shape index (κ3) is 6.82. The highest BCUT2D eigenvalue weighted by molar-refractivity contribution is 14.1. The normalized spacial score (nSPS) is 11.1. The molecule has 3 aromatic carbocycles. The predicted octanol–water partition coefficient (Wildman–Crippen LogP) is 6.84. The van der Waals surface area contributed by atoms with Crippen LogP contribution >= 0.6 is 61.1 Å². The van der Waals surface area contributed by atoms with Crippen LogP contribution in [0.4, 0.5) is 0 Å². The highest BCUT2D eigenvalue weighted by Gasteiger charge is 2.15. The zero-order valence-corrected chi connectivity index (χ0v) is 25.2. The third-order valence-corrected chi connectivity index (χ3v) is 7.09. The molecule has 4 rings (SSSR count). The van der Waals surface area contributed by atoms with Crippen molar-refractivity contribution < 1.29 is 28.6 Å². The highest BCUT2D eigenvalue weighted by atomic mass is 127. The number of carboxylic acids is 1. The number of carbonyl (C=O) groups is 2. The van der Waals surface area contributed by atoms with Gasteiger partial charge in [-0.05, 0) is 106 Å². The van der Waals surface area contributed by atoms with Crippen LogP contribution in [-0.4, -0.2) is 29.8 Å². The lowest BCUT2D eigenvalue weighted by molar-refractivity contribution is 0.0696. The lowest BCUT2D eigenvalue weighted by Gasteiger charge is -2.15. The number of hydrogen-bond donors (Lipinski definition) is 2. The molecule has 0 fully saturated rings. The minimum Gasteiger partial charge on any atom is -0.490 e. The van der Waals surface area contributed by atoms with Crippen molar-refractivity contribution in [3.8, 4) is 11.5 Å². The van der Waals surface area contributed by atoms with E-state index in [1.807, 2.05) is 25.1 Å². The first-order valence-corrected chi connectivity index (χ1v) is 13.8.